The van der Waals surface area contributed by atoms with Crippen molar-refractivity contribution in [2.75, 3.05) is 20.8 Å². The van der Waals surface area contributed by atoms with Crippen molar-refractivity contribution in [3.05, 3.63) is 51.8 Å². The summed E-state index contributed by atoms with van der Waals surface area (Å²) < 4.78 is 16.6. The molecule has 10 heteroatoms. The van der Waals surface area contributed by atoms with Crippen molar-refractivity contribution in [3.8, 4) is 11.5 Å². The Morgan fingerprint density at radius 1 is 1.20 bits per heavy atom. The molecular weight excluding hydrogens is 455 g/mol. The van der Waals surface area contributed by atoms with E-state index in [4.69, 9.17) is 37.4 Å². The summed E-state index contributed by atoms with van der Waals surface area (Å²) in [4.78, 5) is 15.5. The number of ether oxygens (including phenoxy) is 3. The number of aromatic amines is 1. The summed E-state index contributed by atoms with van der Waals surface area (Å²) >= 11 is 12.6. The zero-order chi connectivity index (χ0) is 20.1. The first kappa shape index (κ1) is 26.3. The van der Waals surface area contributed by atoms with Crippen LogP contribution in [0.25, 0.3) is 0 Å². The summed E-state index contributed by atoms with van der Waals surface area (Å²) in [5.74, 6) is 0.866. The van der Waals surface area contributed by atoms with Gasteiger partial charge in [-0.15, -0.1) is 12.4 Å². The number of esters is 1. The van der Waals surface area contributed by atoms with Gasteiger partial charge < -0.3 is 25.0 Å². The molecule has 0 bridgehead atoms. The fourth-order valence-electron chi connectivity index (χ4n) is 3.25. The minimum Gasteiger partial charge on any atom is -0.870 e. The van der Waals surface area contributed by atoms with Gasteiger partial charge in [-0.25, -0.2) is 4.98 Å². The van der Waals surface area contributed by atoms with E-state index < -0.39 is 6.10 Å². The van der Waals surface area contributed by atoms with E-state index in [-0.39, 0.29) is 29.9 Å². The highest BCUT2D eigenvalue weighted by Gasteiger charge is 2.28. The molecule has 0 saturated carbocycles. The topological polar surface area (TPSA) is 101 Å². The van der Waals surface area contributed by atoms with E-state index in [1.54, 1.807) is 38.7 Å². The van der Waals surface area contributed by atoms with Gasteiger partial charge >= 0.3 is 5.97 Å². The van der Waals surface area contributed by atoms with E-state index in [9.17, 15) is 4.79 Å². The van der Waals surface area contributed by atoms with Gasteiger partial charge in [-0.3, -0.25) is 4.79 Å². The monoisotopic (exact) mass is 478 g/mol. The van der Waals surface area contributed by atoms with Gasteiger partial charge in [0.1, 0.15) is 22.2 Å². The molecule has 1 aliphatic rings. The summed E-state index contributed by atoms with van der Waals surface area (Å²) in [5.41, 5.74) is 1.47. The molecule has 1 saturated heterocycles. The molecule has 2 heterocycles. The van der Waals surface area contributed by atoms with Crippen LogP contribution in [0, 0.1) is 0 Å². The second-order valence-electron chi connectivity index (χ2n) is 6.52. The molecule has 166 valence electrons. The largest absolute Gasteiger partial charge is 0.870 e. The minimum absolute atomic E-state index is 0. The predicted molar refractivity (Wildman–Crippen MR) is 115 cm³/mol. The quantitative estimate of drug-likeness (QED) is 0.608. The summed E-state index contributed by atoms with van der Waals surface area (Å²) in [6.07, 6.45) is 4.77. The lowest BCUT2D eigenvalue weighted by Crippen LogP contribution is -2.33. The molecule has 0 amide bonds. The molecule has 2 aromatic rings. The first-order valence-corrected chi connectivity index (χ1v) is 9.78. The van der Waals surface area contributed by atoms with Crippen LogP contribution >= 0.6 is 35.6 Å². The molecular formula is C20H25Cl3N2O5. The molecule has 0 aliphatic carbocycles. The van der Waals surface area contributed by atoms with E-state index in [0.717, 1.165) is 24.9 Å². The number of carbonyl (C=O) groups excluding carboxylic acids is 1. The van der Waals surface area contributed by atoms with Crippen molar-refractivity contribution in [2.24, 2.45) is 0 Å². The second-order valence-corrected chi connectivity index (χ2v) is 7.34. The number of H-pyrrole nitrogens is 1. The van der Waals surface area contributed by atoms with Gasteiger partial charge in [-0.1, -0.05) is 29.3 Å². The summed E-state index contributed by atoms with van der Waals surface area (Å²) in [5, 5.41) is 4.12. The maximum absolute atomic E-state index is 12.7. The van der Waals surface area contributed by atoms with Crippen molar-refractivity contribution in [1.29, 1.82) is 0 Å². The van der Waals surface area contributed by atoms with E-state index in [1.807, 2.05) is 6.07 Å². The van der Waals surface area contributed by atoms with Crippen molar-refractivity contribution in [1.82, 2.24) is 5.32 Å². The number of hydrogen-bond donors (Lipinski definition) is 1. The lowest BCUT2D eigenvalue weighted by atomic mass is 10.0. The van der Waals surface area contributed by atoms with Crippen LogP contribution in [0.15, 0.2) is 30.6 Å². The molecule has 1 aliphatic heterocycles. The van der Waals surface area contributed by atoms with Crippen LogP contribution < -0.4 is 19.8 Å². The highest BCUT2D eigenvalue weighted by Crippen LogP contribution is 2.35. The number of aromatic nitrogens is 1. The zero-order valence-corrected chi connectivity index (χ0v) is 18.9. The lowest BCUT2D eigenvalue weighted by molar-refractivity contribution is -0.377. The van der Waals surface area contributed by atoms with Crippen LogP contribution in [0.4, 0.5) is 0 Å². The van der Waals surface area contributed by atoms with Gasteiger partial charge in [0, 0.05) is 12.0 Å². The third kappa shape index (κ3) is 6.12. The number of nitrogens with one attached hydrogen (secondary N) is 2. The highest BCUT2D eigenvalue weighted by molar-refractivity contribution is 6.35. The third-order valence-corrected chi connectivity index (χ3v) is 5.44. The van der Waals surface area contributed by atoms with E-state index in [0.29, 0.717) is 33.5 Å². The van der Waals surface area contributed by atoms with E-state index in [1.165, 1.54) is 0 Å². The Balaban J connectivity index is 0.00000225. The standard InChI is InChI=1S/C20H22Cl2N2O4.ClH.H2O/c1-26-17-6-5-12(8-19(17)27-2)18(28-20(25)16-4-3-7-24-16)9-13-14(21)10-23-11-15(13)22;;/h5-6,8,10-11,16,18,24H,3-4,7,9H2,1-2H3;1H;1H2/t16-,18-;;/m0../s1. The third-order valence-electron chi connectivity index (χ3n) is 4.77. The fourth-order valence-corrected chi connectivity index (χ4v) is 3.78. The van der Waals surface area contributed by atoms with Crippen LogP contribution in [0.2, 0.25) is 10.0 Å². The van der Waals surface area contributed by atoms with Gasteiger partial charge in [0.05, 0.1) is 14.2 Å². The van der Waals surface area contributed by atoms with Gasteiger partial charge in [0.2, 0.25) is 0 Å². The number of carbonyl (C=O) groups is 1. The fraction of sp³-hybridized carbons (Fsp3) is 0.400. The number of halogens is 3. The van der Waals surface area contributed by atoms with Gasteiger partial charge in [0.25, 0.3) is 0 Å². The lowest BCUT2D eigenvalue weighted by Gasteiger charge is -2.22. The summed E-state index contributed by atoms with van der Waals surface area (Å²) in [6, 6.07) is 5.14. The summed E-state index contributed by atoms with van der Waals surface area (Å²) in [7, 11) is 3.13. The van der Waals surface area contributed by atoms with Crippen LogP contribution in [0.3, 0.4) is 0 Å². The van der Waals surface area contributed by atoms with Crippen molar-refractivity contribution >= 4 is 41.6 Å². The molecule has 1 aromatic heterocycles. The Morgan fingerprint density at radius 3 is 2.43 bits per heavy atom. The predicted octanol–water partition coefficient (Wildman–Crippen LogP) is 3.65. The average molecular weight is 480 g/mol. The maximum Gasteiger partial charge on any atom is 0.323 e. The van der Waals surface area contributed by atoms with Crippen molar-refractivity contribution < 1.29 is 29.5 Å². The highest BCUT2D eigenvalue weighted by atomic mass is 35.5. The molecule has 1 aromatic carbocycles. The summed E-state index contributed by atoms with van der Waals surface area (Å²) in [6.45, 7) is 0.812. The normalized spacial score (nSPS) is 16.1. The molecule has 0 spiro atoms. The minimum atomic E-state index is -0.577. The van der Waals surface area contributed by atoms with Gasteiger partial charge in [-0.2, -0.15) is 0 Å². The Labute approximate surface area is 191 Å². The average Bonchev–Trinajstić information content (AvgIpc) is 3.24. The number of hydrogen-bond acceptors (Lipinski definition) is 6. The van der Waals surface area contributed by atoms with E-state index >= 15 is 0 Å². The molecule has 7 nitrogen and oxygen atoms in total. The van der Waals surface area contributed by atoms with E-state index in [2.05, 4.69) is 10.3 Å². The van der Waals surface area contributed by atoms with Gasteiger partial charge in [0.15, 0.2) is 23.9 Å². The van der Waals surface area contributed by atoms with Crippen LogP contribution in [0.1, 0.15) is 30.1 Å². The SMILES string of the molecule is COc1ccc([C@H](Cc2c(Cl)c[nH+]cc2Cl)OC(=O)[C@@H]2CCCN2)cc1OC.Cl.[OH-]. The number of pyridine rings is 1. The smallest absolute Gasteiger partial charge is 0.323 e. The molecule has 1 fully saturated rings. The van der Waals surface area contributed by atoms with Crippen molar-refractivity contribution in [2.45, 2.75) is 31.4 Å². The Morgan fingerprint density at radius 2 is 1.87 bits per heavy atom. The Hall–Kier alpha value is -1.77. The first-order valence-electron chi connectivity index (χ1n) is 9.03. The molecule has 3 N–H and O–H groups in total. The van der Waals surface area contributed by atoms with Crippen LogP contribution in [-0.4, -0.2) is 38.3 Å². The molecule has 2 atom stereocenters. The zero-order valence-electron chi connectivity index (χ0n) is 16.6. The molecule has 0 unspecified atom stereocenters. The Kier molecular flexibility index (Phi) is 10.7. The second kappa shape index (κ2) is 12.2. The first-order chi connectivity index (χ1) is 13.5. The molecule has 3 rings (SSSR count). The number of benzene rings is 1. The van der Waals surface area contributed by atoms with Crippen molar-refractivity contribution in [3.63, 3.8) is 0 Å². The van der Waals surface area contributed by atoms with Crippen LogP contribution in [0.5, 0.6) is 11.5 Å². The Bertz CT molecular complexity index is 827. The van der Waals surface area contributed by atoms with Gasteiger partial charge in [-0.05, 0) is 37.1 Å². The number of methoxy groups -OCH3 is 2. The maximum atomic E-state index is 12.7. The van der Waals surface area contributed by atoms with Crippen LogP contribution in [-0.2, 0) is 16.0 Å². The molecule has 0 radical (unpaired) electrons. The number of rotatable bonds is 7. The molecule has 30 heavy (non-hydrogen) atoms.